The molecule has 0 aliphatic carbocycles. The van der Waals surface area contributed by atoms with Crippen molar-refractivity contribution in [2.75, 3.05) is 13.1 Å². The monoisotopic (exact) mass is 218 g/mol. The zero-order chi connectivity index (χ0) is 12.0. The third-order valence-corrected chi connectivity index (χ3v) is 3.73. The van der Waals surface area contributed by atoms with Crippen LogP contribution in [0.25, 0.3) is 0 Å². The van der Waals surface area contributed by atoms with Crippen LogP contribution in [0.15, 0.2) is 43.1 Å². The molecule has 0 saturated carbocycles. The highest BCUT2D eigenvalue weighted by Crippen LogP contribution is 2.31. The van der Waals surface area contributed by atoms with Gasteiger partial charge in [-0.05, 0) is 20.4 Å². The number of benzene rings is 1. The van der Waals surface area contributed by atoms with Gasteiger partial charge in [-0.1, -0.05) is 37.3 Å². The van der Waals surface area contributed by atoms with Gasteiger partial charge in [0.05, 0.1) is 19.3 Å². The average molecular weight is 218 g/mol. The van der Waals surface area contributed by atoms with E-state index >= 15 is 0 Å². The van der Waals surface area contributed by atoms with E-state index < -0.39 is 0 Å². The summed E-state index contributed by atoms with van der Waals surface area (Å²) < 4.78 is 0.973. The minimum absolute atomic E-state index is 0.536. The number of hydrogen-bond donors (Lipinski definition) is 0. The SMILES string of the molecule is C=C[N+](CC)(CC)C(CC)c1ccccc1. The van der Waals surface area contributed by atoms with Crippen molar-refractivity contribution in [1.82, 2.24) is 0 Å². The Hall–Kier alpha value is -1.08. The quantitative estimate of drug-likeness (QED) is 0.630. The highest BCUT2D eigenvalue weighted by Gasteiger charge is 2.31. The molecular weight excluding hydrogens is 194 g/mol. The maximum absolute atomic E-state index is 4.04. The first kappa shape index (κ1) is 13.0. The zero-order valence-corrected chi connectivity index (χ0v) is 10.8. The summed E-state index contributed by atoms with van der Waals surface area (Å²) in [6.07, 6.45) is 3.26. The second kappa shape index (κ2) is 5.86. The summed E-state index contributed by atoms with van der Waals surface area (Å²) in [5.74, 6) is 0. The van der Waals surface area contributed by atoms with Crippen molar-refractivity contribution in [3.8, 4) is 0 Å². The first-order valence-electron chi connectivity index (χ1n) is 6.29. The molecule has 0 aliphatic rings. The van der Waals surface area contributed by atoms with E-state index in [-0.39, 0.29) is 0 Å². The summed E-state index contributed by atoms with van der Waals surface area (Å²) in [5.41, 5.74) is 1.42. The van der Waals surface area contributed by atoms with Gasteiger partial charge in [0.25, 0.3) is 0 Å². The standard InChI is InChI=1S/C15H24N/c1-5-15(14-12-10-9-11-13-14)16(6-2,7-3)8-4/h6,9-13,15H,2,5,7-8H2,1,3-4H3/q+1. The van der Waals surface area contributed by atoms with Crippen molar-refractivity contribution in [3.05, 3.63) is 48.7 Å². The van der Waals surface area contributed by atoms with Crippen LogP contribution in [-0.4, -0.2) is 17.6 Å². The molecule has 1 rings (SSSR count). The highest BCUT2D eigenvalue weighted by molar-refractivity contribution is 5.17. The lowest BCUT2D eigenvalue weighted by molar-refractivity contribution is -0.907. The fourth-order valence-electron chi connectivity index (χ4n) is 2.62. The van der Waals surface area contributed by atoms with Gasteiger partial charge in [0, 0.05) is 12.0 Å². The summed E-state index contributed by atoms with van der Waals surface area (Å²) in [6.45, 7) is 13.0. The second-order valence-corrected chi connectivity index (χ2v) is 4.25. The molecule has 0 aromatic heterocycles. The molecule has 1 aromatic rings. The Bertz CT molecular complexity index is 311. The Kier molecular flexibility index (Phi) is 4.75. The molecule has 1 aromatic carbocycles. The second-order valence-electron chi connectivity index (χ2n) is 4.25. The van der Waals surface area contributed by atoms with E-state index in [1.165, 1.54) is 5.56 Å². The molecule has 1 nitrogen and oxygen atoms in total. The van der Waals surface area contributed by atoms with Crippen molar-refractivity contribution < 1.29 is 4.48 Å². The maximum atomic E-state index is 4.04. The largest absolute Gasteiger partial charge is 0.292 e. The fourth-order valence-corrected chi connectivity index (χ4v) is 2.62. The molecule has 0 heterocycles. The predicted octanol–water partition coefficient (Wildman–Crippen LogP) is 4.14. The molecule has 1 heteroatoms. The molecule has 88 valence electrons. The van der Waals surface area contributed by atoms with Crippen molar-refractivity contribution in [3.63, 3.8) is 0 Å². The first-order valence-corrected chi connectivity index (χ1v) is 6.29. The molecule has 0 aliphatic heterocycles. The lowest BCUT2D eigenvalue weighted by Crippen LogP contribution is -2.45. The molecule has 16 heavy (non-hydrogen) atoms. The van der Waals surface area contributed by atoms with Gasteiger partial charge in [0.15, 0.2) is 0 Å². The normalized spacial score (nSPS) is 13.4. The van der Waals surface area contributed by atoms with Gasteiger partial charge in [-0.15, -0.1) is 0 Å². The number of rotatable bonds is 6. The molecule has 0 bridgehead atoms. The molecule has 0 radical (unpaired) electrons. The summed E-state index contributed by atoms with van der Waals surface area (Å²) in [4.78, 5) is 0. The zero-order valence-electron chi connectivity index (χ0n) is 10.8. The van der Waals surface area contributed by atoms with Crippen molar-refractivity contribution in [2.45, 2.75) is 33.2 Å². The van der Waals surface area contributed by atoms with Gasteiger partial charge in [-0.3, -0.25) is 4.48 Å². The Balaban J connectivity index is 3.10. The number of nitrogens with zero attached hydrogens (tertiary/aromatic N) is 1. The number of quaternary nitrogens is 1. The van der Waals surface area contributed by atoms with Gasteiger partial charge in [-0.25, -0.2) is 0 Å². The van der Waals surface area contributed by atoms with Crippen LogP contribution < -0.4 is 0 Å². The highest BCUT2D eigenvalue weighted by atomic mass is 15.4. The average Bonchev–Trinajstić information content (AvgIpc) is 2.37. The van der Waals surface area contributed by atoms with Crippen LogP contribution in [0.5, 0.6) is 0 Å². The van der Waals surface area contributed by atoms with Gasteiger partial charge in [0.2, 0.25) is 0 Å². The maximum Gasteiger partial charge on any atom is 0.119 e. The van der Waals surface area contributed by atoms with E-state index in [9.17, 15) is 0 Å². The van der Waals surface area contributed by atoms with E-state index in [1.807, 2.05) is 0 Å². The van der Waals surface area contributed by atoms with Crippen molar-refractivity contribution >= 4 is 0 Å². The molecule has 1 atom stereocenters. The van der Waals surface area contributed by atoms with Gasteiger partial charge in [-0.2, -0.15) is 0 Å². The fraction of sp³-hybridized carbons (Fsp3) is 0.467. The van der Waals surface area contributed by atoms with Gasteiger partial charge < -0.3 is 0 Å². The first-order chi connectivity index (χ1) is 7.74. The summed E-state index contributed by atoms with van der Waals surface area (Å²) in [6, 6.07) is 11.3. The van der Waals surface area contributed by atoms with Crippen LogP contribution >= 0.6 is 0 Å². The molecule has 0 fully saturated rings. The lowest BCUT2D eigenvalue weighted by Gasteiger charge is -2.40. The predicted molar refractivity (Wildman–Crippen MR) is 71.0 cm³/mol. The van der Waals surface area contributed by atoms with E-state index in [0.29, 0.717) is 6.04 Å². The van der Waals surface area contributed by atoms with E-state index in [4.69, 9.17) is 0 Å². The Morgan fingerprint density at radius 2 is 1.69 bits per heavy atom. The molecular formula is C15H24N+. The topological polar surface area (TPSA) is 0 Å². The summed E-state index contributed by atoms with van der Waals surface area (Å²) >= 11 is 0. The minimum Gasteiger partial charge on any atom is -0.292 e. The van der Waals surface area contributed by atoms with Crippen molar-refractivity contribution in [1.29, 1.82) is 0 Å². The van der Waals surface area contributed by atoms with Crippen LogP contribution in [0.3, 0.4) is 0 Å². The minimum atomic E-state index is 0.536. The molecule has 0 spiro atoms. The molecule has 0 amide bonds. The van der Waals surface area contributed by atoms with Crippen LogP contribution in [0.2, 0.25) is 0 Å². The van der Waals surface area contributed by atoms with Crippen LogP contribution in [0, 0.1) is 0 Å². The lowest BCUT2D eigenvalue weighted by atomic mass is 10.00. The van der Waals surface area contributed by atoms with Crippen molar-refractivity contribution in [2.24, 2.45) is 0 Å². The molecule has 0 saturated heterocycles. The summed E-state index contributed by atoms with van der Waals surface area (Å²) in [7, 11) is 0. The molecule has 1 unspecified atom stereocenters. The van der Waals surface area contributed by atoms with E-state index in [2.05, 4.69) is 63.9 Å². The van der Waals surface area contributed by atoms with Gasteiger partial charge >= 0.3 is 0 Å². The van der Waals surface area contributed by atoms with Gasteiger partial charge in [0.1, 0.15) is 6.04 Å². The smallest absolute Gasteiger partial charge is 0.119 e. The van der Waals surface area contributed by atoms with E-state index in [0.717, 1.165) is 24.0 Å². The third kappa shape index (κ3) is 2.35. The Labute approximate surface area is 100.0 Å². The number of hydrogen-bond acceptors (Lipinski definition) is 0. The van der Waals surface area contributed by atoms with E-state index in [1.54, 1.807) is 0 Å². The van der Waals surface area contributed by atoms with Crippen LogP contribution in [0.1, 0.15) is 38.8 Å². The van der Waals surface area contributed by atoms with Crippen LogP contribution in [0.4, 0.5) is 0 Å². The molecule has 0 N–H and O–H groups in total. The van der Waals surface area contributed by atoms with Crippen LogP contribution in [-0.2, 0) is 0 Å². The Morgan fingerprint density at radius 3 is 2.06 bits per heavy atom. The third-order valence-electron chi connectivity index (χ3n) is 3.73. The Morgan fingerprint density at radius 1 is 1.12 bits per heavy atom. The summed E-state index contributed by atoms with van der Waals surface area (Å²) in [5, 5.41) is 0.